The molecule has 5 nitrogen and oxygen atoms in total. The highest BCUT2D eigenvalue weighted by atomic mass is 79.9. The van der Waals surface area contributed by atoms with E-state index in [2.05, 4.69) is 33.1 Å². The summed E-state index contributed by atoms with van der Waals surface area (Å²) in [4.78, 5) is 1.60. The predicted octanol–water partition coefficient (Wildman–Crippen LogP) is 3.55. The number of hydrogen-bond donors (Lipinski definition) is 1. The van der Waals surface area contributed by atoms with Gasteiger partial charge in [0.1, 0.15) is 16.8 Å². The molecule has 0 aliphatic heterocycles. The van der Waals surface area contributed by atoms with E-state index in [0.29, 0.717) is 5.69 Å². The third kappa shape index (κ3) is 2.71. The second-order valence-electron chi connectivity index (χ2n) is 4.67. The van der Waals surface area contributed by atoms with Crippen LogP contribution in [-0.4, -0.2) is 21.6 Å². The maximum absolute atomic E-state index is 5.86. The molecular formula is C15H15BrN4O. The molecule has 0 saturated heterocycles. The van der Waals surface area contributed by atoms with Gasteiger partial charge >= 0.3 is 0 Å². The van der Waals surface area contributed by atoms with Crippen molar-refractivity contribution < 1.29 is 4.74 Å². The summed E-state index contributed by atoms with van der Waals surface area (Å²) in [6.45, 7) is 2.80. The van der Waals surface area contributed by atoms with Crippen LogP contribution < -0.4 is 10.5 Å². The number of nitrogens with two attached hydrogens (primary N) is 1. The van der Waals surface area contributed by atoms with Crippen LogP contribution in [0.3, 0.4) is 0 Å². The fourth-order valence-electron chi connectivity index (χ4n) is 1.98. The lowest BCUT2D eigenvalue weighted by atomic mass is 10.3. The van der Waals surface area contributed by atoms with Gasteiger partial charge in [-0.15, -0.1) is 10.2 Å². The molecule has 0 fully saturated rings. The fourth-order valence-corrected chi connectivity index (χ4v) is 2.39. The highest BCUT2D eigenvalue weighted by Gasteiger charge is 2.10. The first kappa shape index (κ1) is 13.9. The molecule has 1 heterocycles. The molecule has 0 saturated carbocycles. The predicted molar refractivity (Wildman–Crippen MR) is 86.8 cm³/mol. The van der Waals surface area contributed by atoms with Crippen molar-refractivity contribution in [2.75, 3.05) is 12.3 Å². The minimum Gasteiger partial charge on any atom is -0.494 e. The van der Waals surface area contributed by atoms with Crippen molar-refractivity contribution >= 4 is 32.7 Å². The smallest absolute Gasteiger partial charge is 0.129 e. The molecule has 6 heteroatoms. The Morgan fingerprint density at radius 3 is 2.62 bits per heavy atom. The molecule has 3 rings (SSSR count). The van der Waals surface area contributed by atoms with Crippen LogP contribution in [0, 0.1) is 0 Å². The second-order valence-corrected chi connectivity index (χ2v) is 5.46. The Hall–Kier alpha value is -2.08. The lowest BCUT2D eigenvalue weighted by Crippen LogP contribution is -1.99. The molecule has 3 aromatic rings. The molecule has 0 bridgehead atoms. The molecular weight excluding hydrogens is 332 g/mol. The van der Waals surface area contributed by atoms with Crippen molar-refractivity contribution in [1.29, 1.82) is 0 Å². The number of ether oxygens (including phenoxy) is 1. The molecule has 0 atom stereocenters. The lowest BCUT2D eigenvalue weighted by Gasteiger charge is -2.05. The van der Waals surface area contributed by atoms with Gasteiger partial charge in [0.25, 0.3) is 0 Å². The van der Waals surface area contributed by atoms with Crippen LogP contribution in [0.15, 0.2) is 40.9 Å². The molecule has 0 spiro atoms. The Balaban J connectivity index is 1.95. The first-order valence-corrected chi connectivity index (χ1v) is 7.52. The number of nitrogen functional groups attached to an aromatic ring is 1. The third-order valence-electron chi connectivity index (χ3n) is 3.06. The average molecular weight is 347 g/mol. The maximum Gasteiger partial charge on any atom is 0.129 e. The van der Waals surface area contributed by atoms with Crippen LogP contribution in [-0.2, 0) is 0 Å². The summed E-state index contributed by atoms with van der Waals surface area (Å²) in [5.41, 5.74) is 8.93. The topological polar surface area (TPSA) is 66.0 Å². The van der Waals surface area contributed by atoms with E-state index in [1.165, 1.54) is 0 Å². The van der Waals surface area contributed by atoms with Gasteiger partial charge in [-0.05, 0) is 58.7 Å². The van der Waals surface area contributed by atoms with Crippen LogP contribution in [0.4, 0.5) is 5.69 Å². The zero-order valence-electron chi connectivity index (χ0n) is 11.6. The Bertz CT molecular complexity index is 767. The van der Waals surface area contributed by atoms with E-state index in [1.807, 2.05) is 36.4 Å². The van der Waals surface area contributed by atoms with E-state index in [0.717, 1.165) is 40.0 Å². The zero-order valence-corrected chi connectivity index (χ0v) is 13.2. The molecule has 108 valence electrons. The molecule has 0 aliphatic rings. The summed E-state index contributed by atoms with van der Waals surface area (Å²) in [5.74, 6) is 0.850. The highest BCUT2D eigenvalue weighted by Crippen LogP contribution is 2.27. The van der Waals surface area contributed by atoms with Crippen molar-refractivity contribution in [3.8, 4) is 11.4 Å². The van der Waals surface area contributed by atoms with Gasteiger partial charge in [-0.3, -0.25) is 0 Å². The molecule has 1 aromatic heterocycles. The number of fused-ring (bicyclic) bond motifs is 1. The number of halogens is 1. The minimum atomic E-state index is 0.651. The largest absolute Gasteiger partial charge is 0.494 e. The molecule has 0 aliphatic carbocycles. The highest BCUT2D eigenvalue weighted by molar-refractivity contribution is 9.10. The molecule has 0 unspecified atom stereocenters. The summed E-state index contributed by atoms with van der Waals surface area (Å²) in [5, 5.41) is 8.93. The summed E-state index contributed by atoms with van der Waals surface area (Å²) in [6, 6.07) is 11.4. The van der Waals surface area contributed by atoms with Crippen LogP contribution in [0.2, 0.25) is 0 Å². The van der Waals surface area contributed by atoms with Crippen molar-refractivity contribution in [2.24, 2.45) is 0 Å². The van der Waals surface area contributed by atoms with Crippen molar-refractivity contribution in [1.82, 2.24) is 15.0 Å². The van der Waals surface area contributed by atoms with E-state index in [4.69, 9.17) is 10.5 Å². The second kappa shape index (κ2) is 5.73. The van der Waals surface area contributed by atoms with Gasteiger partial charge in [-0.25, -0.2) is 0 Å². The zero-order chi connectivity index (χ0) is 14.8. The van der Waals surface area contributed by atoms with Gasteiger partial charge in [-0.1, -0.05) is 6.92 Å². The first-order chi connectivity index (χ1) is 10.2. The number of anilines is 1. The number of benzene rings is 2. The van der Waals surface area contributed by atoms with Crippen LogP contribution in [0.25, 0.3) is 16.7 Å². The summed E-state index contributed by atoms with van der Waals surface area (Å²) < 4.78 is 6.34. The lowest BCUT2D eigenvalue weighted by molar-refractivity contribution is 0.317. The molecule has 2 aromatic carbocycles. The Labute approximate surface area is 130 Å². The quantitative estimate of drug-likeness (QED) is 0.733. The van der Waals surface area contributed by atoms with Crippen molar-refractivity contribution in [2.45, 2.75) is 13.3 Å². The van der Waals surface area contributed by atoms with Gasteiger partial charge in [0.05, 0.1) is 16.8 Å². The van der Waals surface area contributed by atoms with Gasteiger partial charge in [0.15, 0.2) is 0 Å². The van der Waals surface area contributed by atoms with E-state index >= 15 is 0 Å². The first-order valence-electron chi connectivity index (χ1n) is 6.73. The molecule has 2 N–H and O–H groups in total. The number of nitrogens with zero attached hydrogens (tertiary/aromatic N) is 3. The number of aromatic nitrogens is 3. The number of hydrogen-bond acceptors (Lipinski definition) is 4. The van der Waals surface area contributed by atoms with Crippen molar-refractivity contribution in [3.63, 3.8) is 0 Å². The van der Waals surface area contributed by atoms with E-state index < -0.39 is 0 Å². The Kier molecular flexibility index (Phi) is 3.79. The minimum absolute atomic E-state index is 0.651. The summed E-state index contributed by atoms with van der Waals surface area (Å²) in [6.07, 6.45) is 0.989. The van der Waals surface area contributed by atoms with Gasteiger partial charge in [0, 0.05) is 5.69 Å². The molecule has 0 amide bonds. The monoisotopic (exact) mass is 346 g/mol. The van der Waals surface area contributed by atoms with Crippen LogP contribution >= 0.6 is 15.9 Å². The molecule has 21 heavy (non-hydrogen) atoms. The van der Waals surface area contributed by atoms with E-state index in [9.17, 15) is 0 Å². The molecule has 0 radical (unpaired) electrons. The number of rotatable bonds is 4. The SMILES string of the molecule is CCCOc1ccc(-n2nc3ccc(N)c(Br)c3n2)cc1. The fraction of sp³-hybridized carbons (Fsp3) is 0.200. The van der Waals surface area contributed by atoms with Crippen LogP contribution in [0.5, 0.6) is 5.75 Å². The van der Waals surface area contributed by atoms with E-state index in [-0.39, 0.29) is 0 Å². The summed E-state index contributed by atoms with van der Waals surface area (Å²) >= 11 is 3.45. The Morgan fingerprint density at radius 1 is 1.14 bits per heavy atom. The maximum atomic E-state index is 5.86. The normalized spacial score (nSPS) is 11.0. The van der Waals surface area contributed by atoms with Crippen LogP contribution in [0.1, 0.15) is 13.3 Å². The van der Waals surface area contributed by atoms with Gasteiger partial charge in [0.2, 0.25) is 0 Å². The van der Waals surface area contributed by atoms with Gasteiger partial charge in [-0.2, -0.15) is 4.80 Å². The standard InChI is InChI=1S/C15H15BrN4O/c1-2-9-21-11-5-3-10(4-6-11)20-18-13-8-7-12(17)14(16)15(13)19-20/h3-8H,2,9,17H2,1H3. The Morgan fingerprint density at radius 2 is 1.90 bits per heavy atom. The average Bonchev–Trinajstić information content (AvgIpc) is 2.94. The summed E-state index contributed by atoms with van der Waals surface area (Å²) in [7, 11) is 0. The third-order valence-corrected chi connectivity index (χ3v) is 3.90. The van der Waals surface area contributed by atoms with Crippen molar-refractivity contribution in [3.05, 3.63) is 40.9 Å². The van der Waals surface area contributed by atoms with E-state index in [1.54, 1.807) is 4.80 Å². The van der Waals surface area contributed by atoms with Gasteiger partial charge < -0.3 is 10.5 Å².